The SMILES string of the molecule is CCC(C(=O)NCCCn1ccc2ccccc21)c1ccccc1. The van der Waals surface area contributed by atoms with Gasteiger partial charge < -0.3 is 9.88 Å². The maximum Gasteiger partial charge on any atom is 0.227 e. The number of carbonyl (C=O) groups excluding carboxylic acids is 1. The number of nitrogens with one attached hydrogen (secondary N) is 1. The zero-order chi connectivity index (χ0) is 16.8. The molecule has 1 atom stereocenters. The number of carbonyl (C=O) groups is 1. The highest BCUT2D eigenvalue weighted by atomic mass is 16.1. The van der Waals surface area contributed by atoms with Crippen molar-refractivity contribution in [3.63, 3.8) is 0 Å². The molecule has 1 N–H and O–H groups in total. The number of hydrogen-bond acceptors (Lipinski definition) is 1. The Kier molecular flexibility index (Phi) is 5.32. The molecule has 0 radical (unpaired) electrons. The van der Waals surface area contributed by atoms with E-state index in [0.29, 0.717) is 6.54 Å². The summed E-state index contributed by atoms with van der Waals surface area (Å²) in [4.78, 5) is 12.4. The maximum absolute atomic E-state index is 12.4. The van der Waals surface area contributed by atoms with E-state index in [4.69, 9.17) is 0 Å². The van der Waals surface area contributed by atoms with Crippen LogP contribution < -0.4 is 5.32 Å². The lowest BCUT2D eigenvalue weighted by Gasteiger charge is -2.15. The molecule has 124 valence electrons. The van der Waals surface area contributed by atoms with Gasteiger partial charge in [-0.15, -0.1) is 0 Å². The Hall–Kier alpha value is -2.55. The fourth-order valence-electron chi connectivity index (χ4n) is 3.18. The second-order valence-electron chi connectivity index (χ2n) is 6.08. The van der Waals surface area contributed by atoms with Crippen molar-refractivity contribution in [2.45, 2.75) is 32.2 Å². The van der Waals surface area contributed by atoms with E-state index in [-0.39, 0.29) is 11.8 Å². The third-order valence-corrected chi connectivity index (χ3v) is 4.48. The summed E-state index contributed by atoms with van der Waals surface area (Å²) in [7, 11) is 0. The number of aromatic nitrogens is 1. The maximum atomic E-state index is 12.4. The summed E-state index contributed by atoms with van der Waals surface area (Å²) in [6.45, 7) is 3.67. The lowest BCUT2D eigenvalue weighted by Crippen LogP contribution is -2.30. The topological polar surface area (TPSA) is 34.0 Å². The third-order valence-electron chi connectivity index (χ3n) is 4.48. The summed E-state index contributed by atoms with van der Waals surface area (Å²) in [5.41, 5.74) is 2.34. The van der Waals surface area contributed by atoms with Crippen molar-refractivity contribution in [3.05, 3.63) is 72.4 Å². The Bertz CT molecular complexity index is 792. The van der Waals surface area contributed by atoms with Gasteiger partial charge >= 0.3 is 0 Å². The van der Waals surface area contributed by atoms with Crippen molar-refractivity contribution in [1.29, 1.82) is 0 Å². The molecular formula is C21H24N2O. The van der Waals surface area contributed by atoms with Crippen molar-refractivity contribution in [1.82, 2.24) is 9.88 Å². The van der Waals surface area contributed by atoms with Gasteiger partial charge in [0.05, 0.1) is 5.92 Å². The fraction of sp³-hybridized carbons (Fsp3) is 0.286. The van der Waals surface area contributed by atoms with Gasteiger partial charge in [-0.25, -0.2) is 0 Å². The number of fused-ring (bicyclic) bond motifs is 1. The van der Waals surface area contributed by atoms with Gasteiger partial charge in [0, 0.05) is 24.8 Å². The van der Waals surface area contributed by atoms with Gasteiger partial charge in [0.1, 0.15) is 0 Å². The highest BCUT2D eigenvalue weighted by molar-refractivity contribution is 5.83. The molecule has 24 heavy (non-hydrogen) atoms. The average Bonchev–Trinajstić information content (AvgIpc) is 3.03. The minimum atomic E-state index is -0.0568. The van der Waals surface area contributed by atoms with Crippen LogP contribution >= 0.6 is 0 Å². The van der Waals surface area contributed by atoms with E-state index in [1.165, 1.54) is 10.9 Å². The number of amides is 1. The van der Waals surface area contributed by atoms with Crippen molar-refractivity contribution < 1.29 is 4.79 Å². The Morgan fingerprint density at radius 3 is 2.58 bits per heavy atom. The van der Waals surface area contributed by atoms with E-state index in [9.17, 15) is 4.79 Å². The first-order chi connectivity index (χ1) is 11.8. The van der Waals surface area contributed by atoms with E-state index in [1.807, 2.05) is 30.3 Å². The van der Waals surface area contributed by atoms with E-state index < -0.39 is 0 Å². The van der Waals surface area contributed by atoms with Gasteiger partial charge in [0.2, 0.25) is 5.91 Å². The molecule has 3 rings (SSSR count). The fourth-order valence-corrected chi connectivity index (χ4v) is 3.18. The molecule has 0 spiro atoms. The molecule has 3 aromatic rings. The summed E-state index contributed by atoms with van der Waals surface area (Å²) < 4.78 is 2.25. The number of nitrogens with zero attached hydrogens (tertiary/aromatic N) is 1. The standard InChI is InChI=1S/C21H24N2O/c1-2-19(17-9-4-3-5-10-17)21(24)22-14-8-15-23-16-13-18-11-6-7-12-20(18)23/h3-7,9-13,16,19H,2,8,14-15H2,1H3,(H,22,24). The molecule has 0 fully saturated rings. The van der Waals surface area contributed by atoms with Crippen LogP contribution in [0.1, 0.15) is 31.2 Å². The Morgan fingerprint density at radius 1 is 1.04 bits per heavy atom. The van der Waals surface area contributed by atoms with Crippen LogP contribution in [0.25, 0.3) is 10.9 Å². The van der Waals surface area contributed by atoms with E-state index in [2.05, 4.69) is 53.3 Å². The van der Waals surface area contributed by atoms with Gasteiger partial charge in [-0.05, 0) is 35.9 Å². The number of benzene rings is 2. The average molecular weight is 320 g/mol. The first-order valence-corrected chi connectivity index (χ1v) is 8.66. The molecule has 0 saturated heterocycles. The summed E-state index contributed by atoms with van der Waals surface area (Å²) >= 11 is 0. The predicted molar refractivity (Wildman–Crippen MR) is 99.0 cm³/mol. The second-order valence-corrected chi connectivity index (χ2v) is 6.08. The first-order valence-electron chi connectivity index (χ1n) is 8.66. The Morgan fingerprint density at radius 2 is 1.79 bits per heavy atom. The van der Waals surface area contributed by atoms with Crippen LogP contribution in [0.2, 0.25) is 0 Å². The summed E-state index contributed by atoms with van der Waals surface area (Å²) in [6.07, 6.45) is 3.86. The zero-order valence-corrected chi connectivity index (χ0v) is 14.1. The molecule has 3 heteroatoms. The molecule has 1 amide bonds. The van der Waals surface area contributed by atoms with Crippen molar-refractivity contribution in [2.75, 3.05) is 6.54 Å². The van der Waals surface area contributed by atoms with Crippen LogP contribution in [-0.4, -0.2) is 17.0 Å². The summed E-state index contributed by atoms with van der Waals surface area (Å²) in [5.74, 6) is 0.0691. The highest BCUT2D eigenvalue weighted by Gasteiger charge is 2.17. The monoisotopic (exact) mass is 320 g/mol. The summed E-state index contributed by atoms with van der Waals surface area (Å²) in [6, 6.07) is 20.5. The zero-order valence-electron chi connectivity index (χ0n) is 14.1. The third kappa shape index (κ3) is 3.67. The molecule has 0 saturated carbocycles. The smallest absolute Gasteiger partial charge is 0.227 e. The largest absolute Gasteiger partial charge is 0.356 e. The minimum absolute atomic E-state index is 0.0568. The number of para-hydroxylation sites is 1. The molecule has 2 aromatic carbocycles. The van der Waals surface area contributed by atoms with Gasteiger partial charge in [0.25, 0.3) is 0 Å². The predicted octanol–water partition coefficient (Wildman–Crippen LogP) is 4.34. The molecule has 3 nitrogen and oxygen atoms in total. The van der Waals surface area contributed by atoms with Gasteiger partial charge in [-0.1, -0.05) is 55.5 Å². The van der Waals surface area contributed by atoms with Crippen LogP contribution in [0.15, 0.2) is 66.9 Å². The normalized spacial score (nSPS) is 12.2. The van der Waals surface area contributed by atoms with Gasteiger partial charge in [-0.3, -0.25) is 4.79 Å². The lowest BCUT2D eigenvalue weighted by atomic mass is 9.96. The van der Waals surface area contributed by atoms with E-state index in [1.54, 1.807) is 0 Å². The Labute approximate surface area is 143 Å². The van der Waals surface area contributed by atoms with Crippen LogP contribution in [0.3, 0.4) is 0 Å². The molecular weight excluding hydrogens is 296 g/mol. The van der Waals surface area contributed by atoms with Crippen LogP contribution in [0, 0.1) is 0 Å². The molecule has 0 aliphatic heterocycles. The first kappa shape index (κ1) is 16.3. The molecule has 1 aromatic heterocycles. The molecule has 0 aliphatic carbocycles. The van der Waals surface area contributed by atoms with Gasteiger partial charge in [-0.2, -0.15) is 0 Å². The minimum Gasteiger partial charge on any atom is -0.356 e. The lowest BCUT2D eigenvalue weighted by molar-refractivity contribution is -0.122. The summed E-state index contributed by atoms with van der Waals surface area (Å²) in [5, 5.41) is 4.35. The molecule has 1 unspecified atom stereocenters. The Balaban J connectivity index is 1.51. The van der Waals surface area contributed by atoms with Crippen molar-refractivity contribution >= 4 is 16.8 Å². The van der Waals surface area contributed by atoms with Crippen molar-refractivity contribution in [2.24, 2.45) is 0 Å². The second kappa shape index (κ2) is 7.82. The number of hydrogen-bond donors (Lipinski definition) is 1. The van der Waals surface area contributed by atoms with E-state index >= 15 is 0 Å². The molecule has 0 aliphatic rings. The van der Waals surface area contributed by atoms with Crippen molar-refractivity contribution in [3.8, 4) is 0 Å². The number of aryl methyl sites for hydroxylation is 1. The number of rotatable bonds is 7. The van der Waals surface area contributed by atoms with E-state index in [0.717, 1.165) is 24.9 Å². The highest BCUT2D eigenvalue weighted by Crippen LogP contribution is 2.19. The van der Waals surface area contributed by atoms with Gasteiger partial charge in [0.15, 0.2) is 0 Å². The van der Waals surface area contributed by atoms with Crippen LogP contribution in [0.5, 0.6) is 0 Å². The van der Waals surface area contributed by atoms with Crippen LogP contribution in [-0.2, 0) is 11.3 Å². The quantitative estimate of drug-likeness (QED) is 0.646. The molecule has 1 heterocycles. The molecule has 0 bridgehead atoms. The van der Waals surface area contributed by atoms with Crippen LogP contribution in [0.4, 0.5) is 0 Å².